The molecule has 1 aliphatic rings. The number of halogens is 3. The van der Waals surface area contributed by atoms with Gasteiger partial charge in [-0.25, -0.2) is 15.0 Å². The van der Waals surface area contributed by atoms with Gasteiger partial charge in [0, 0.05) is 49.0 Å². The summed E-state index contributed by atoms with van der Waals surface area (Å²) >= 11 is 0. The number of nitrogens with one attached hydrogen (secondary N) is 2. The summed E-state index contributed by atoms with van der Waals surface area (Å²) in [5, 5.41) is 13.2. The molecule has 1 aliphatic heterocycles. The van der Waals surface area contributed by atoms with Gasteiger partial charge in [0.05, 0.1) is 17.4 Å². The summed E-state index contributed by atoms with van der Waals surface area (Å²) in [5.74, 6) is 0.137. The number of nitrogens with two attached hydrogens (primary N) is 2. The van der Waals surface area contributed by atoms with Crippen molar-refractivity contribution in [2.75, 3.05) is 30.7 Å². The van der Waals surface area contributed by atoms with E-state index in [4.69, 9.17) is 11.5 Å². The van der Waals surface area contributed by atoms with Gasteiger partial charge >= 0.3 is 6.18 Å². The number of H-pyrrole nitrogens is 1. The number of anilines is 2. The Kier molecular flexibility index (Phi) is 6.81. The molecule has 0 radical (unpaired) electrons. The van der Waals surface area contributed by atoms with E-state index in [1.807, 2.05) is 6.92 Å². The zero-order chi connectivity index (χ0) is 25.3. The molecule has 1 unspecified atom stereocenters. The Hall–Kier alpha value is -3.45. The minimum absolute atomic E-state index is 0.0513. The van der Waals surface area contributed by atoms with Crippen LogP contribution in [-0.4, -0.2) is 67.6 Å². The monoisotopic (exact) mass is 492 g/mol. The van der Waals surface area contributed by atoms with E-state index in [1.54, 1.807) is 4.90 Å². The Labute approximate surface area is 198 Å². The first kappa shape index (κ1) is 24.7. The molecule has 1 saturated heterocycles. The van der Waals surface area contributed by atoms with Crippen molar-refractivity contribution < 1.29 is 23.1 Å². The topological polar surface area (TPSA) is 159 Å². The standard InChI is InChI=1S/C22H27F3N8O2/c1-11(12-2-4-33(5-3-12)20(35)17(34)7-26)31-21-30-10-16(27)18(32-21)15-9-29-19-14(15)6-13(8-28-19)22(23,24)25/h6,8-12,17,34H,2-5,7,26-27H2,1H3,(H,28,29)(H,30,31,32)/t11-,17?/m1/s1. The highest BCUT2D eigenvalue weighted by Gasteiger charge is 2.32. The highest BCUT2D eigenvalue weighted by atomic mass is 19.4. The van der Waals surface area contributed by atoms with E-state index in [2.05, 4.69) is 25.3 Å². The lowest BCUT2D eigenvalue weighted by atomic mass is 9.90. The molecular formula is C22H27F3N8O2. The number of aromatic nitrogens is 4. The molecule has 3 aromatic rings. The molecule has 188 valence electrons. The lowest BCUT2D eigenvalue weighted by Gasteiger charge is -2.35. The summed E-state index contributed by atoms with van der Waals surface area (Å²) < 4.78 is 39.6. The predicted molar refractivity (Wildman–Crippen MR) is 124 cm³/mol. The van der Waals surface area contributed by atoms with E-state index >= 15 is 0 Å². The number of pyridine rings is 1. The number of carbonyl (C=O) groups is 1. The molecule has 1 amide bonds. The number of aliphatic hydroxyl groups is 1. The number of carbonyl (C=O) groups excluding carboxylic acids is 1. The molecule has 0 saturated carbocycles. The SMILES string of the molecule is C[C@@H](Nc1ncc(N)c(-c2c[nH]c3ncc(C(F)(F)F)cc23)n1)C1CCN(C(=O)C(O)CN)CC1. The van der Waals surface area contributed by atoms with Crippen LogP contribution in [0.3, 0.4) is 0 Å². The van der Waals surface area contributed by atoms with Gasteiger partial charge in [0.1, 0.15) is 17.4 Å². The van der Waals surface area contributed by atoms with Crippen LogP contribution in [0.25, 0.3) is 22.3 Å². The molecule has 13 heteroatoms. The number of hydrogen-bond acceptors (Lipinski definition) is 8. The van der Waals surface area contributed by atoms with E-state index in [-0.39, 0.29) is 47.1 Å². The third kappa shape index (κ3) is 5.15. The van der Waals surface area contributed by atoms with E-state index in [1.165, 1.54) is 12.4 Å². The Morgan fingerprint density at radius 2 is 2.03 bits per heavy atom. The lowest BCUT2D eigenvalue weighted by molar-refractivity contribution is -0.141. The van der Waals surface area contributed by atoms with Crippen molar-refractivity contribution >= 4 is 28.6 Å². The molecule has 0 aliphatic carbocycles. The fraction of sp³-hybridized carbons (Fsp3) is 0.455. The van der Waals surface area contributed by atoms with Gasteiger partial charge in [-0.1, -0.05) is 0 Å². The van der Waals surface area contributed by atoms with E-state index in [0.29, 0.717) is 37.2 Å². The normalized spacial score (nSPS) is 16.9. The van der Waals surface area contributed by atoms with Crippen molar-refractivity contribution in [2.24, 2.45) is 11.7 Å². The molecule has 3 aromatic heterocycles. The third-order valence-electron chi connectivity index (χ3n) is 6.35. The summed E-state index contributed by atoms with van der Waals surface area (Å²) in [4.78, 5) is 29.2. The number of rotatable bonds is 6. The first-order valence-corrected chi connectivity index (χ1v) is 11.2. The zero-order valence-electron chi connectivity index (χ0n) is 19.0. The molecule has 0 aromatic carbocycles. The van der Waals surface area contributed by atoms with Crippen LogP contribution in [0.2, 0.25) is 0 Å². The summed E-state index contributed by atoms with van der Waals surface area (Å²) in [6.45, 7) is 2.87. The average Bonchev–Trinajstić information content (AvgIpc) is 3.27. The number of piperidine rings is 1. The van der Waals surface area contributed by atoms with Crippen molar-refractivity contribution in [2.45, 2.75) is 38.1 Å². The summed E-state index contributed by atoms with van der Waals surface area (Å²) in [5.41, 5.74) is 11.8. The van der Waals surface area contributed by atoms with Gasteiger partial charge in [-0.2, -0.15) is 13.2 Å². The summed E-state index contributed by atoms with van der Waals surface area (Å²) in [6.07, 6.45) is -0.580. The number of nitrogens with zero attached hydrogens (tertiary/aromatic N) is 4. The fourth-order valence-electron chi connectivity index (χ4n) is 4.28. The van der Waals surface area contributed by atoms with Gasteiger partial charge in [-0.15, -0.1) is 0 Å². The summed E-state index contributed by atoms with van der Waals surface area (Å²) in [6, 6.07) is 0.965. The van der Waals surface area contributed by atoms with Crippen molar-refractivity contribution in [3.8, 4) is 11.3 Å². The highest BCUT2D eigenvalue weighted by Crippen LogP contribution is 2.35. The minimum atomic E-state index is -4.53. The average molecular weight is 493 g/mol. The van der Waals surface area contributed by atoms with E-state index in [9.17, 15) is 23.1 Å². The van der Waals surface area contributed by atoms with Crippen LogP contribution in [-0.2, 0) is 11.0 Å². The number of hydrogen-bond donors (Lipinski definition) is 5. The first-order valence-electron chi connectivity index (χ1n) is 11.2. The maximum absolute atomic E-state index is 13.2. The van der Waals surface area contributed by atoms with Gasteiger partial charge in [0.25, 0.3) is 5.91 Å². The molecule has 4 rings (SSSR count). The quantitative estimate of drug-likeness (QED) is 0.349. The van der Waals surface area contributed by atoms with Crippen LogP contribution in [0.15, 0.2) is 24.7 Å². The molecular weight excluding hydrogens is 465 g/mol. The smallest absolute Gasteiger partial charge is 0.396 e. The number of aliphatic hydroxyl groups excluding tert-OH is 1. The van der Waals surface area contributed by atoms with Crippen LogP contribution in [0, 0.1) is 5.92 Å². The second-order valence-electron chi connectivity index (χ2n) is 8.67. The molecule has 0 bridgehead atoms. The summed E-state index contributed by atoms with van der Waals surface area (Å²) in [7, 11) is 0. The Morgan fingerprint density at radius 1 is 1.31 bits per heavy atom. The molecule has 0 spiro atoms. The molecule has 7 N–H and O–H groups in total. The van der Waals surface area contributed by atoms with Gasteiger partial charge in [0.2, 0.25) is 5.95 Å². The van der Waals surface area contributed by atoms with Crippen LogP contribution < -0.4 is 16.8 Å². The largest absolute Gasteiger partial charge is 0.417 e. The number of alkyl halides is 3. The molecule has 4 heterocycles. The van der Waals surface area contributed by atoms with Gasteiger partial charge in [-0.05, 0) is 31.7 Å². The zero-order valence-corrected chi connectivity index (χ0v) is 19.0. The predicted octanol–water partition coefficient (Wildman–Crippen LogP) is 1.98. The number of likely N-dealkylation sites (tertiary alicyclic amines) is 1. The van der Waals surface area contributed by atoms with Gasteiger partial charge in [-0.3, -0.25) is 4.79 Å². The lowest BCUT2D eigenvalue weighted by Crippen LogP contribution is -2.47. The van der Waals surface area contributed by atoms with Crippen molar-refractivity contribution in [3.63, 3.8) is 0 Å². The minimum Gasteiger partial charge on any atom is -0.396 e. The maximum atomic E-state index is 13.2. The molecule has 35 heavy (non-hydrogen) atoms. The second kappa shape index (κ2) is 9.66. The Bertz CT molecular complexity index is 1210. The van der Waals surface area contributed by atoms with Crippen molar-refractivity contribution in [1.29, 1.82) is 0 Å². The number of fused-ring (bicyclic) bond motifs is 1. The van der Waals surface area contributed by atoms with Crippen LogP contribution in [0.4, 0.5) is 24.8 Å². The second-order valence-corrected chi connectivity index (χ2v) is 8.67. The third-order valence-corrected chi connectivity index (χ3v) is 6.35. The fourth-order valence-corrected chi connectivity index (χ4v) is 4.28. The van der Waals surface area contributed by atoms with Crippen LogP contribution in [0.5, 0.6) is 0 Å². The number of aromatic amines is 1. The van der Waals surface area contributed by atoms with Gasteiger partial charge < -0.3 is 31.8 Å². The molecule has 1 fully saturated rings. The Balaban J connectivity index is 1.50. The first-order chi connectivity index (χ1) is 16.6. The van der Waals surface area contributed by atoms with E-state index < -0.39 is 17.8 Å². The van der Waals surface area contributed by atoms with Crippen LogP contribution in [0.1, 0.15) is 25.3 Å². The number of nitrogen functional groups attached to an aromatic ring is 1. The van der Waals surface area contributed by atoms with Gasteiger partial charge in [0.15, 0.2) is 0 Å². The molecule has 2 atom stereocenters. The van der Waals surface area contributed by atoms with Crippen molar-refractivity contribution in [1.82, 2.24) is 24.8 Å². The number of amides is 1. The highest BCUT2D eigenvalue weighted by molar-refractivity contribution is 5.95. The van der Waals surface area contributed by atoms with E-state index in [0.717, 1.165) is 12.3 Å². The van der Waals surface area contributed by atoms with Crippen molar-refractivity contribution in [3.05, 3.63) is 30.2 Å². The maximum Gasteiger partial charge on any atom is 0.417 e. The van der Waals surface area contributed by atoms with Crippen LogP contribution >= 0.6 is 0 Å². The Morgan fingerprint density at radius 3 is 2.69 bits per heavy atom. The molecule has 10 nitrogen and oxygen atoms in total.